The van der Waals surface area contributed by atoms with E-state index in [1.54, 1.807) is 22.7 Å². The maximum Gasteiger partial charge on any atom is 0.133 e. The zero-order valence-electron chi connectivity index (χ0n) is 7.58. The third-order valence-electron chi connectivity index (χ3n) is 1.86. The number of nitrogens with zero attached hydrogens (tertiary/aromatic N) is 1. The van der Waals surface area contributed by atoms with Crippen LogP contribution in [-0.4, -0.2) is 4.98 Å². The second-order valence-corrected chi connectivity index (χ2v) is 5.77. The number of aryl methyl sites for hydroxylation is 1. The zero-order valence-corrected chi connectivity index (χ0v) is 10.8. The van der Waals surface area contributed by atoms with Crippen molar-refractivity contribution in [1.29, 1.82) is 0 Å². The number of thiazole rings is 1. The van der Waals surface area contributed by atoms with Crippen LogP contribution in [0.25, 0.3) is 9.88 Å². The highest BCUT2D eigenvalue weighted by atomic mass is 79.9. The molecule has 0 aliphatic carbocycles. The Morgan fingerprint density at radius 3 is 2.86 bits per heavy atom. The van der Waals surface area contributed by atoms with Crippen LogP contribution < -0.4 is 5.73 Å². The molecule has 0 aliphatic heterocycles. The third kappa shape index (κ3) is 1.91. The molecule has 0 atom stereocenters. The quantitative estimate of drug-likeness (QED) is 0.920. The third-order valence-corrected chi connectivity index (χ3v) is 4.90. The van der Waals surface area contributed by atoms with Crippen LogP contribution >= 0.6 is 38.6 Å². The predicted octanol–water partition coefficient (Wildman–Crippen LogP) is 3.40. The monoisotopic (exact) mass is 288 g/mol. The first kappa shape index (κ1) is 10.3. The second-order valence-electron chi connectivity index (χ2n) is 2.86. The number of aromatic nitrogens is 1. The maximum absolute atomic E-state index is 5.61. The molecule has 2 aromatic rings. The van der Waals surface area contributed by atoms with Gasteiger partial charge in [0.1, 0.15) is 5.01 Å². The van der Waals surface area contributed by atoms with E-state index in [1.165, 1.54) is 9.75 Å². The van der Waals surface area contributed by atoms with E-state index in [9.17, 15) is 0 Å². The number of nitrogens with two attached hydrogens (primary N) is 1. The first-order valence-electron chi connectivity index (χ1n) is 4.11. The van der Waals surface area contributed by atoms with Gasteiger partial charge in [0, 0.05) is 21.3 Å². The number of rotatable bonds is 2. The van der Waals surface area contributed by atoms with Crippen molar-refractivity contribution in [3.05, 3.63) is 26.5 Å². The smallest absolute Gasteiger partial charge is 0.133 e. The Morgan fingerprint density at radius 1 is 1.57 bits per heavy atom. The summed E-state index contributed by atoms with van der Waals surface area (Å²) in [6.45, 7) is 2.58. The lowest BCUT2D eigenvalue weighted by Gasteiger charge is -1.86. The molecular weight excluding hydrogens is 280 g/mol. The van der Waals surface area contributed by atoms with E-state index in [2.05, 4.69) is 32.4 Å². The van der Waals surface area contributed by atoms with Crippen LogP contribution in [0.1, 0.15) is 10.6 Å². The molecule has 0 unspecified atom stereocenters. The molecule has 0 saturated carbocycles. The fraction of sp³-hybridized carbons (Fsp3) is 0.222. The number of hydrogen-bond donors (Lipinski definition) is 1. The van der Waals surface area contributed by atoms with Gasteiger partial charge in [0.25, 0.3) is 0 Å². The lowest BCUT2D eigenvalue weighted by atomic mass is 10.4. The summed E-state index contributed by atoms with van der Waals surface area (Å²) in [4.78, 5) is 6.86. The fourth-order valence-electron chi connectivity index (χ4n) is 1.15. The van der Waals surface area contributed by atoms with E-state index in [1.807, 2.05) is 6.92 Å². The van der Waals surface area contributed by atoms with Gasteiger partial charge in [-0.1, -0.05) is 0 Å². The van der Waals surface area contributed by atoms with Gasteiger partial charge in [0.2, 0.25) is 0 Å². The van der Waals surface area contributed by atoms with Crippen molar-refractivity contribution in [3.8, 4) is 9.88 Å². The van der Waals surface area contributed by atoms with Gasteiger partial charge in [0.15, 0.2) is 0 Å². The summed E-state index contributed by atoms with van der Waals surface area (Å²) in [7, 11) is 0. The highest BCUT2D eigenvalue weighted by Crippen LogP contribution is 2.33. The van der Waals surface area contributed by atoms with Crippen molar-refractivity contribution in [2.75, 3.05) is 0 Å². The normalized spacial score (nSPS) is 10.8. The molecule has 2 aromatic heterocycles. The summed E-state index contributed by atoms with van der Waals surface area (Å²) < 4.78 is 1.11. The summed E-state index contributed by atoms with van der Waals surface area (Å²) in [5, 5.41) is 3.13. The van der Waals surface area contributed by atoms with E-state index in [0.29, 0.717) is 6.54 Å². The van der Waals surface area contributed by atoms with Gasteiger partial charge in [0.05, 0.1) is 10.6 Å². The molecule has 0 aromatic carbocycles. The van der Waals surface area contributed by atoms with Crippen LogP contribution in [0.5, 0.6) is 0 Å². The molecule has 14 heavy (non-hydrogen) atoms. The predicted molar refractivity (Wildman–Crippen MR) is 65.8 cm³/mol. The average molecular weight is 289 g/mol. The Labute approximate surface area is 98.9 Å². The minimum absolute atomic E-state index is 0.579. The Kier molecular flexibility index (Phi) is 3.02. The maximum atomic E-state index is 5.61. The standard InChI is InChI=1S/C9H9BrN2S2/c1-5-8(3-11)14-9(12-5)7-2-6(10)4-13-7/h2,4H,3,11H2,1H3. The molecule has 0 radical (unpaired) electrons. The molecule has 2 N–H and O–H groups in total. The average Bonchev–Trinajstić information content (AvgIpc) is 2.71. The Morgan fingerprint density at radius 2 is 2.36 bits per heavy atom. The fourth-order valence-corrected chi connectivity index (χ4v) is 3.58. The van der Waals surface area contributed by atoms with Gasteiger partial charge in [-0.05, 0) is 28.9 Å². The number of halogens is 1. The van der Waals surface area contributed by atoms with Crippen molar-refractivity contribution in [2.24, 2.45) is 5.73 Å². The lowest BCUT2D eigenvalue weighted by molar-refractivity contribution is 1.06. The van der Waals surface area contributed by atoms with E-state index in [0.717, 1.165) is 15.2 Å². The second kappa shape index (κ2) is 4.10. The Bertz CT molecular complexity index is 447. The molecule has 0 spiro atoms. The highest BCUT2D eigenvalue weighted by Gasteiger charge is 2.09. The highest BCUT2D eigenvalue weighted by molar-refractivity contribution is 9.10. The van der Waals surface area contributed by atoms with E-state index >= 15 is 0 Å². The number of hydrogen-bond acceptors (Lipinski definition) is 4. The lowest BCUT2D eigenvalue weighted by Crippen LogP contribution is -1.94. The van der Waals surface area contributed by atoms with Gasteiger partial charge in [-0.15, -0.1) is 22.7 Å². The molecule has 2 rings (SSSR count). The van der Waals surface area contributed by atoms with Crippen molar-refractivity contribution < 1.29 is 0 Å². The van der Waals surface area contributed by atoms with Crippen molar-refractivity contribution in [1.82, 2.24) is 4.98 Å². The van der Waals surface area contributed by atoms with Gasteiger partial charge in [-0.3, -0.25) is 0 Å². The molecule has 0 bridgehead atoms. The Balaban J connectivity index is 2.42. The molecule has 0 aliphatic rings. The molecule has 5 heteroatoms. The SMILES string of the molecule is Cc1nc(-c2cc(Br)cs2)sc1CN. The minimum Gasteiger partial charge on any atom is -0.326 e. The molecular formula is C9H9BrN2S2. The van der Waals surface area contributed by atoms with Gasteiger partial charge in [-0.25, -0.2) is 4.98 Å². The molecule has 0 amide bonds. The van der Waals surface area contributed by atoms with Gasteiger partial charge >= 0.3 is 0 Å². The Hall–Kier alpha value is -0.230. The summed E-state index contributed by atoms with van der Waals surface area (Å²) in [5.74, 6) is 0. The zero-order chi connectivity index (χ0) is 10.1. The van der Waals surface area contributed by atoms with E-state index in [4.69, 9.17) is 5.73 Å². The largest absolute Gasteiger partial charge is 0.326 e. The van der Waals surface area contributed by atoms with Crippen LogP contribution in [-0.2, 0) is 6.54 Å². The molecule has 74 valence electrons. The molecule has 0 saturated heterocycles. The first-order chi connectivity index (χ1) is 6.70. The van der Waals surface area contributed by atoms with Crippen LogP contribution in [0.2, 0.25) is 0 Å². The molecule has 2 nitrogen and oxygen atoms in total. The molecule has 0 fully saturated rings. The number of thiophene rings is 1. The molecule has 2 heterocycles. The van der Waals surface area contributed by atoms with Crippen molar-refractivity contribution >= 4 is 38.6 Å². The van der Waals surface area contributed by atoms with Crippen LogP contribution in [0, 0.1) is 6.92 Å². The van der Waals surface area contributed by atoms with Crippen LogP contribution in [0.3, 0.4) is 0 Å². The van der Waals surface area contributed by atoms with Crippen molar-refractivity contribution in [2.45, 2.75) is 13.5 Å². The summed E-state index contributed by atoms with van der Waals surface area (Å²) >= 11 is 6.81. The topological polar surface area (TPSA) is 38.9 Å². The van der Waals surface area contributed by atoms with Gasteiger partial charge < -0.3 is 5.73 Å². The first-order valence-corrected chi connectivity index (χ1v) is 6.60. The van der Waals surface area contributed by atoms with E-state index in [-0.39, 0.29) is 0 Å². The summed E-state index contributed by atoms with van der Waals surface area (Å²) in [6.07, 6.45) is 0. The van der Waals surface area contributed by atoms with Gasteiger partial charge in [-0.2, -0.15) is 0 Å². The summed E-state index contributed by atoms with van der Waals surface area (Å²) in [5.41, 5.74) is 6.66. The minimum atomic E-state index is 0.579. The summed E-state index contributed by atoms with van der Waals surface area (Å²) in [6, 6.07) is 2.09. The van der Waals surface area contributed by atoms with Crippen LogP contribution in [0.15, 0.2) is 15.9 Å². The van der Waals surface area contributed by atoms with Crippen LogP contribution in [0.4, 0.5) is 0 Å². The van der Waals surface area contributed by atoms with Crippen molar-refractivity contribution in [3.63, 3.8) is 0 Å². The van der Waals surface area contributed by atoms with E-state index < -0.39 is 0 Å².